The van der Waals surface area contributed by atoms with Crippen LogP contribution in [0.3, 0.4) is 0 Å². The number of halogens is 2. The summed E-state index contributed by atoms with van der Waals surface area (Å²) in [5, 5.41) is 14.6. The highest BCUT2D eigenvalue weighted by Crippen LogP contribution is 2.36. The van der Waals surface area contributed by atoms with Crippen molar-refractivity contribution < 1.29 is 14.1 Å². The van der Waals surface area contributed by atoms with Gasteiger partial charge in [0.25, 0.3) is 11.6 Å². The number of nitro benzene ring substituents is 1. The topological polar surface area (TPSA) is 76.3 Å². The van der Waals surface area contributed by atoms with E-state index in [0.717, 1.165) is 17.3 Å². The minimum absolute atomic E-state index is 0.144. The molecule has 0 fully saturated rings. The highest BCUT2D eigenvalue weighted by molar-refractivity contribution is 7.99. The maximum absolute atomic E-state index is 13.4. The zero-order chi connectivity index (χ0) is 24.9. The van der Waals surface area contributed by atoms with Gasteiger partial charge in [0.15, 0.2) is 5.13 Å². The number of rotatable bonds is 8. The zero-order valence-corrected chi connectivity index (χ0v) is 20.4. The third-order valence-corrected chi connectivity index (χ3v) is 7.05. The molecule has 0 unspecified atom stereocenters. The fourth-order valence-corrected chi connectivity index (χ4v) is 5.05. The lowest BCUT2D eigenvalue weighted by molar-refractivity contribution is -0.387. The number of nitro groups is 1. The smallest absolute Gasteiger partial charge is 0.280 e. The molecule has 1 heterocycles. The van der Waals surface area contributed by atoms with E-state index in [-0.39, 0.29) is 17.8 Å². The number of anilines is 1. The molecule has 0 bridgehead atoms. The number of nitrogens with zero attached hydrogens (tertiary/aromatic N) is 3. The predicted octanol–water partition coefficient (Wildman–Crippen LogP) is 7.49. The average molecular weight is 526 g/mol. The SMILES string of the molecule is C=CCN(C(=O)c1ccc(Sc2ccc(F)cc2)c([N+](=O)[O-])c1)c1nc(-c2ccc(Cl)cc2)cs1. The molecule has 0 spiro atoms. The first kappa shape index (κ1) is 24.6. The maximum Gasteiger partial charge on any atom is 0.284 e. The molecular weight excluding hydrogens is 509 g/mol. The molecule has 3 aromatic carbocycles. The molecule has 0 aliphatic carbocycles. The Labute approximate surface area is 213 Å². The summed E-state index contributed by atoms with van der Waals surface area (Å²) in [5.74, 6) is -0.836. The Kier molecular flexibility index (Phi) is 7.60. The Morgan fingerprint density at radius 1 is 1.17 bits per heavy atom. The van der Waals surface area contributed by atoms with Crippen LogP contribution in [-0.2, 0) is 0 Å². The van der Waals surface area contributed by atoms with Crippen LogP contribution in [0.25, 0.3) is 11.3 Å². The van der Waals surface area contributed by atoms with Crippen LogP contribution in [0.15, 0.2) is 94.6 Å². The number of thiazole rings is 1. The second kappa shape index (κ2) is 10.8. The summed E-state index contributed by atoms with van der Waals surface area (Å²) >= 11 is 8.36. The van der Waals surface area contributed by atoms with Crippen LogP contribution in [0.2, 0.25) is 5.02 Å². The maximum atomic E-state index is 13.4. The van der Waals surface area contributed by atoms with Crippen molar-refractivity contribution >= 4 is 51.4 Å². The minimum atomic E-state index is -0.539. The van der Waals surface area contributed by atoms with E-state index in [2.05, 4.69) is 11.6 Å². The van der Waals surface area contributed by atoms with Crippen LogP contribution in [0.1, 0.15) is 10.4 Å². The van der Waals surface area contributed by atoms with Crippen LogP contribution in [0.5, 0.6) is 0 Å². The number of benzene rings is 3. The molecule has 176 valence electrons. The van der Waals surface area contributed by atoms with E-state index < -0.39 is 16.6 Å². The van der Waals surface area contributed by atoms with Crippen molar-refractivity contribution in [2.45, 2.75) is 9.79 Å². The van der Waals surface area contributed by atoms with Crippen molar-refractivity contribution in [3.8, 4) is 11.3 Å². The van der Waals surface area contributed by atoms with Crippen molar-refractivity contribution in [1.82, 2.24) is 4.98 Å². The molecule has 0 radical (unpaired) electrons. The van der Waals surface area contributed by atoms with Crippen LogP contribution >= 0.6 is 34.7 Å². The van der Waals surface area contributed by atoms with Crippen LogP contribution < -0.4 is 4.90 Å². The lowest BCUT2D eigenvalue weighted by atomic mass is 10.1. The van der Waals surface area contributed by atoms with E-state index >= 15 is 0 Å². The van der Waals surface area contributed by atoms with Crippen molar-refractivity contribution in [2.75, 3.05) is 11.4 Å². The van der Waals surface area contributed by atoms with Gasteiger partial charge < -0.3 is 0 Å². The van der Waals surface area contributed by atoms with Gasteiger partial charge >= 0.3 is 0 Å². The Balaban J connectivity index is 1.63. The van der Waals surface area contributed by atoms with Crippen molar-refractivity contribution in [3.05, 3.63) is 111 Å². The third kappa shape index (κ3) is 5.76. The molecule has 0 aliphatic rings. The monoisotopic (exact) mass is 525 g/mol. The van der Waals surface area contributed by atoms with Gasteiger partial charge in [-0.2, -0.15) is 0 Å². The van der Waals surface area contributed by atoms with Gasteiger partial charge in [0.05, 0.1) is 15.5 Å². The first-order chi connectivity index (χ1) is 16.9. The number of carbonyl (C=O) groups is 1. The minimum Gasteiger partial charge on any atom is -0.280 e. The largest absolute Gasteiger partial charge is 0.284 e. The zero-order valence-electron chi connectivity index (χ0n) is 18.1. The molecule has 1 amide bonds. The molecule has 4 aromatic rings. The van der Waals surface area contributed by atoms with Gasteiger partial charge in [-0.15, -0.1) is 17.9 Å². The van der Waals surface area contributed by atoms with Gasteiger partial charge in [-0.25, -0.2) is 9.37 Å². The van der Waals surface area contributed by atoms with E-state index in [1.54, 1.807) is 18.2 Å². The molecule has 10 heteroatoms. The van der Waals surface area contributed by atoms with Crippen molar-refractivity contribution in [1.29, 1.82) is 0 Å². The summed E-state index contributed by atoms with van der Waals surface area (Å²) < 4.78 is 13.2. The Bertz CT molecular complexity index is 1390. The third-order valence-electron chi connectivity index (χ3n) is 4.86. The molecular formula is C25H17ClFN3O3S2. The predicted molar refractivity (Wildman–Crippen MR) is 138 cm³/mol. The van der Waals surface area contributed by atoms with Crippen LogP contribution in [0.4, 0.5) is 15.2 Å². The highest BCUT2D eigenvalue weighted by Gasteiger charge is 2.24. The lowest BCUT2D eigenvalue weighted by Gasteiger charge is -2.18. The Morgan fingerprint density at radius 3 is 2.54 bits per heavy atom. The molecule has 0 aliphatic heterocycles. The number of carbonyl (C=O) groups excluding carboxylic acids is 1. The molecule has 35 heavy (non-hydrogen) atoms. The molecule has 6 nitrogen and oxygen atoms in total. The normalized spacial score (nSPS) is 10.7. The Morgan fingerprint density at radius 2 is 1.89 bits per heavy atom. The lowest BCUT2D eigenvalue weighted by Crippen LogP contribution is -2.31. The van der Waals surface area contributed by atoms with Gasteiger partial charge in [0.1, 0.15) is 5.82 Å². The Hall–Kier alpha value is -3.53. The first-order valence-corrected chi connectivity index (χ1v) is 12.3. The fourth-order valence-electron chi connectivity index (χ4n) is 3.18. The summed E-state index contributed by atoms with van der Waals surface area (Å²) in [5.41, 5.74) is 1.45. The van der Waals surface area contributed by atoms with E-state index in [4.69, 9.17) is 11.6 Å². The van der Waals surface area contributed by atoms with E-state index in [0.29, 0.717) is 25.6 Å². The number of amides is 1. The van der Waals surface area contributed by atoms with Crippen molar-refractivity contribution in [3.63, 3.8) is 0 Å². The molecule has 0 N–H and O–H groups in total. The summed E-state index contributed by atoms with van der Waals surface area (Å²) in [6.45, 7) is 3.89. The second-order valence-corrected chi connectivity index (χ2v) is 9.61. The molecule has 4 rings (SSSR count). The van der Waals surface area contributed by atoms with Gasteiger partial charge in [-0.05, 0) is 48.5 Å². The van der Waals surface area contributed by atoms with Gasteiger partial charge in [0.2, 0.25) is 0 Å². The van der Waals surface area contributed by atoms with Crippen molar-refractivity contribution in [2.24, 2.45) is 0 Å². The molecule has 1 aromatic heterocycles. The second-order valence-electron chi connectivity index (χ2n) is 7.22. The standard InChI is InChI=1S/C25H17ClFN3O3S2/c1-2-13-29(25-28-21(15-34-25)16-3-6-18(26)7-4-16)24(31)17-5-12-23(22(14-17)30(32)33)35-20-10-8-19(27)9-11-20/h2-12,14-15H,1,13H2. The number of aromatic nitrogens is 1. The van der Waals surface area contributed by atoms with E-state index in [9.17, 15) is 19.3 Å². The number of hydrogen-bond acceptors (Lipinski definition) is 6. The van der Waals surface area contributed by atoms with E-state index in [1.165, 1.54) is 58.7 Å². The quantitative estimate of drug-likeness (QED) is 0.135. The van der Waals surface area contributed by atoms with E-state index in [1.807, 2.05) is 17.5 Å². The van der Waals surface area contributed by atoms with Crippen LogP contribution in [0, 0.1) is 15.9 Å². The molecule has 0 atom stereocenters. The highest BCUT2D eigenvalue weighted by atomic mass is 35.5. The average Bonchev–Trinajstić information content (AvgIpc) is 3.34. The fraction of sp³-hybridized carbons (Fsp3) is 0.0400. The molecule has 0 saturated carbocycles. The summed E-state index contributed by atoms with van der Waals surface area (Å²) in [6, 6.07) is 17.1. The van der Waals surface area contributed by atoms with Gasteiger partial charge in [-0.3, -0.25) is 19.8 Å². The van der Waals surface area contributed by atoms with Gasteiger partial charge in [0, 0.05) is 39.0 Å². The summed E-state index contributed by atoms with van der Waals surface area (Å²) in [6.07, 6.45) is 1.56. The summed E-state index contributed by atoms with van der Waals surface area (Å²) in [4.78, 5) is 31.6. The number of hydrogen-bond donors (Lipinski definition) is 0. The molecule has 0 saturated heterocycles. The van der Waals surface area contributed by atoms with Gasteiger partial charge in [-0.1, -0.05) is 41.6 Å². The van der Waals surface area contributed by atoms with Crippen LogP contribution in [-0.4, -0.2) is 22.4 Å². The summed E-state index contributed by atoms with van der Waals surface area (Å²) in [7, 11) is 0. The first-order valence-electron chi connectivity index (χ1n) is 10.2.